The second kappa shape index (κ2) is 10.6. The highest BCUT2D eigenvalue weighted by Crippen LogP contribution is 2.34. The smallest absolute Gasteiger partial charge is 0.269 e. The van der Waals surface area contributed by atoms with Crippen LogP contribution in [0.15, 0.2) is 77.9 Å². The summed E-state index contributed by atoms with van der Waals surface area (Å²) in [6.45, 7) is -0.368. The van der Waals surface area contributed by atoms with E-state index in [-0.39, 0.29) is 24.3 Å². The van der Waals surface area contributed by atoms with Gasteiger partial charge in [-0.25, -0.2) is 5.01 Å². The molecular weight excluding hydrogens is 482 g/mol. The Morgan fingerprint density at radius 3 is 2.30 bits per heavy atom. The van der Waals surface area contributed by atoms with Crippen molar-refractivity contribution >= 4 is 28.9 Å². The van der Waals surface area contributed by atoms with E-state index in [1.165, 1.54) is 54.6 Å². The molecule has 0 aliphatic carbocycles. The standard InChI is InChI=1S/C25H21N5O7/c1-37-21-11-7-17(8-12-21)25(32)26-15-24(31)28-23(18-3-2-4-20(13-18)30(35)36)14-22(27-28)16-5-9-19(10-6-16)29(33)34/h2-13,23H,14-15H2,1H3,(H,26,32). The normalized spacial score (nSPS) is 14.6. The summed E-state index contributed by atoms with van der Waals surface area (Å²) in [4.78, 5) is 46.9. The minimum absolute atomic E-state index is 0.0910. The van der Waals surface area contributed by atoms with Gasteiger partial charge in [0.25, 0.3) is 23.2 Å². The van der Waals surface area contributed by atoms with E-state index in [1.807, 2.05) is 0 Å². The number of hydrazone groups is 1. The summed E-state index contributed by atoms with van der Waals surface area (Å²) >= 11 is 0. The van der Waals surface area contributed by atoms with Crippen LogP contribution in [0.3, 0.4) is 0 Å². The number of benzene rings is 3. The number of hydrogen-bond acceptors (Lipinski definition) is 8. The minimum Gasteiger partial charge on any atom is -0.497 e. The van der Waals surface area contributed by atoms with Crippen LogP contribution in [0, 0.1) is 20.2 Å². The first-order chi connectivity index (χ1) is 17.8. The molecule has 12 heteroatoms. The van der Waals surface area contributed by atoms with Crippen LogP contribution in [-0.2, 0) is 4.79 Å². The number of hydrogen-bond donors (Lipinski definition) is 1. The molecule has 3 aromatic rings. The molecule has 0 bridgehead atoms. The Morgan fingerprint density at radius 2 is 1.68 bits per heavy atom. The Balaban J connectivity index is 1.57. The molecule has 4 rings (SSSR count). The van der Waals surface area contributed by atoms with E-state index in [0.29, 0.717) is 28.2 Å². The van der Waals surface area contributed by atoms with E-state index in [2.05, 4.69) is 10.4 Å². The number of carbonyl (C=O) groups excluding carboxylic acids is 2. The quantitative estimate of drug-likeness (QED) is 0.363. The molecule has 1 heterocycles. The zero-order valence-electron chi connectivity index (χ0n) is 19.6. The number of nitrogens with one attached hydrogen (secondary N) is 1. The maximum atomic E-state index is 13.2. The third-order valence-electron chi connectivity index (χ3n) is 5.80. The van der Waals surface area contributed by atoms with Crippen molar-refractivity contribution in [2.45, 2.75) is 12.5 Å². The van der Waals surface area contributed by atoms with Gasteiger partial charge in [-0.2, -0.15) is 5.10 Å². The van der Waals surface area contributed by atoms with Gasteiger partial charge in [-0.15, -0.1) is 0 Å². The van der Waals surface area contributed by atoms with Crippen molar-refractivity contribution in [2.75, 3.05) is 13.7 Å². The van der Waals surface area contributed by atoms with Gasteiger partial charge < -0.3 is 10.1 Å². The van der Waals surface area contributed by atoms with Crippen LogP contribution < -0.4 is 10.1 Å². The van der Waals surface area contributed by atoms with Crippen molar-refractivity contribution in [1.82, 2.24) is 10.3 Å². The number of ether oxygens (including phenoxy) is 1. The molecule has 0 fully saturated rings. The Labute approximate surface area is 210 Å². The zero-order valence-corrected chi connectivity index (χ0v) is 19.6. The fraction of sp³-hybridized carbons (Fsp3) is 0.160. The molecule has 12 nitrogen and oxygen atoms in total. The predicted molar refractivity (Wildman–Crippen MR) is 132 cm³/mol. The Morgan fingerprint density at radius 1 is 1.00 bits per heavy atom. The van der Waals surface area contributed by atoms with Gasteiger partial charge in [-0.3, -0.25) is 29.8 Å². The average Bonchev–Trinajstić information content (AvgIpc) is 3.37. The maximum absolute atomic E-state index is 13.2. The summed E-state index contributed by atoms with van der Waals surface area (Å²) in [5.41, 5.74) is 1.64. The lowest BCUT2D eigenvalue weighted by Crippen LogP contribution is -2.38. The summed E-state index contributed by atoms with van der Waals surface area (Å²) < 4.78 is 5.07. The lowest BCUT2D eigenvalue weighted by molar-refractivity contribution is -0.385. The summed E-state index contributed by atoms with van der Waals surface area (Å²) in [6, 6.07) is 17.3. The molecule has 1 atom stereocenters. The average molecular weight is 503 g/mol. The number of carbonyl (C=O) groups is 2. The summed E-state index contributed by atoms with van der Waals surface area (Å²) in [5.74, 6) is -0.422. The van der Waals surface area contributed by atoms with Crippen LogP contribution >= 0.6 is 0 Å². The topological polar surface area (TPSA) is 157 Å². The molecule has 188 valence electrons. The summed E-state index contributed by atoms with van der Waals surface area (Å²) in [5, 5.41) is 30.5. The lowest BCUT2D eigenvalue weighted by Gasteiger charge is -2.22. The van der Waals surface area contributed by atoms with Gasteiger partial charge >= 0.3 is 0 Å². The number of methoxy groups -OCH3 is 1. The second-order valence-corrected chi connectivity index (χ2v) is 8.07. The van der Waals surface area contributed by atoms with Crippen molar-refractivity contribution in [3.63, 3.8) is 0 Å². The molecule has 0 saturated heterocycles. The Hall–Kier alpha value is -5.13. The molecule has 37 heavy (non-hydrogen) atoms. The van der Waals surface area contributed by atoms with Crippen molar-refractivity contribution in [1.29, 1.82) is 0 Å². The maximum Gasteiger partial charge on any atom is 0.269 e. The highest BCUT2D eigenvalue weighted by Gasteiger charge is 2.34. The van der Waals surface area contributed by atoms with Crippen molar-refractivity contribution in [3.8, 4) is 5.75 Å². The molecule has 1 aliphatic heterocycles. The van der Waals surface area contributed by atoms with Crippen LogP contribution in [0.5, 0.6) is 5.75 Å². The van der Waals surface area contributed by atoms with Crippen molar-refractivity contribution in [2.24, 2.45) is 5.10 Å². The third kappa shape index (κ3) is 5.59. The number of non-ortho nitro benzene ring substituents is 2. The van der Waals surface area contributed by atoms with Gasteiger partial charge in [0.15, 0.2) is 0 Å². The first kappa shape index (κ1) is 25.0. The molecule has 0 radical (unpaired) electrons. The largest absolute Gasteiger partial charge is 0.497 e. The van der Waals surface area contributed by atoms with Crippen LogP contribution in [0.2, 0.25) is 0 Å². The first-order valence-electron chi connectivity index (χ1n) is 11.1. The van der Waals surface area contributed by atoms with Crippen LogP contribution in [0.4, 0.5) is 11.4 Å². The monoisotopic (exact) mass is 503 g/mol. The van der Waals surface area contributed by atoms with Crippen LogP contribution in [0.25, 0.3) is 0 Å². The van der Waals surface area contributed by atoms with E-state index < -0.39 is 27.7 Å². The number of nitro benzene ring substituents is 2. The molecule has 2 amide bonds. The van der Waals surface area contributed by atoms with E-state index >= 15 is 0 Å². The first-order valence-corrected chi connectivity index (χ1v) is 11.1. The van der Waals surface area contributed by atoms with Gasteiger partial charge in [-0.05, 0) is 47.5 Å². The lowest BCUT2D eigenvalue weighted by atomic mass is 9.98. The van der Waals surface area contributed by atoms with Crippen molar-refractivity contribution < 1.29 is 24.2 Å². The van der Waals surface area contributed by atoms with Crippen LogP contribution in [-0.4, -0.2) is 46.0 Å². The van der Waals surface area contributed by atoms with E-state index in [1.54, 1.807) is 30.3 Å². The molecule has 1 unspecified atom stereocenters. The number of nitrogens with zero attached hydrogens (tertiary/aromatic N) is 4. The van der Waals surface area contributed by atoms with E-state index in [9.17, 15) is 29.8 Å². The molecule has 0 saturated carbocycles. The van der Waals surface area contributed by atoms with Crippen LogP contribution in [0.1, 0.15) is 33.9 Å². The molecule has 3 aromatic carbocycles. The Bertz CT molecular complexity index is 1390. The van der Waals surface area contributed by atoms with Gasteiger partial charge in [0, 0.05) is 36.2 Å². The number of rotatable bonds is 8. The van der Waals surface area contributed by atoms with E-state index in [4.69, 9.17) is 4.74 Å². The number of nitro groups is 2. The van der Waals surface area contributed by atoms with Gasteiger partial charge in [0.05, 0.1) is 35.3 Å². The van der Waals surface area contributed by atoms with Gasteiger partial charge in [0.2, 0.25) is 0 Å². The summed E-state index contributed by atoms with van der Waals surface area (Å²) in [7, 11) is 1.51. The third-order valence-corrected chi connectivity index (χ3v) is 5.80. The minimum atomic E-state index is -0.671. The highest BCUT2D eigenvalue weighted by atomic mass is 16.6. The fourth-order valence-electron chi connectivity index (χ4n) is 3.88. The second-order valence-electron chi connectivity index (χ2n) is 8.07. The Kier molecular flexibility index (Phi) is 7.19. The summed E-state index contributed by atoms with van der Waals surface area (Å²) in [6.07, 6.45) is 0.219. The van der Waals surface area contributed by atoms with Gasteiger partial charge in [-0.1, -0.05) is 12.1 Å². The molecule has 0 spiro atoms. The molecular formula is C25H21N5O7. The fourth-order valence-corrected chi connectivity index (χ4v) is 3.88. The van der Waals surface area contributed by atoms with E-state index in [0.717, 1.165) is 0 Å². The van der Waals surface area contributed by atoms with Gasteiger partial charge in [0.1, 0.15) is 5.75 Å². The molecule has 1 aliphatic rings. The molecule has 1 N–H and O–H groups in total. The zero-order chi connectivity index (χ0) is 26.5. The SMILES string of the molecule is COc1ccc(C(=O)NCC(=O)N2N=C(c3ccc([N+](=O)[O-])cc3)CC2c2cccc([N+](=O)[O-])c2)cc1. The number of amides is 2. The molecule has 0 aromatic heterocycles. The highest BCUT2D eigenvalue weighted by molar-refractivity contribution is 6.04. The van der Waals surface area contributed by atoms with Crippen molar-refractivity contribution in [3.05, 3.63) is 110 Å². The predicted octanol–water partition coefficient (Wildman–Crippen LogP) is 3.62.